The monoisotopic (exact) mass is 389 g/mol. The molecular formula is C18H17Cl2N5O. The van der Waals surface area contributed by atoms with Crippen molar-refractivity contribution in [2.24, 2.45) is 0 Å². The maximum Gasteiger partial charge on any atom is 0.292 e. The second-order valence-electron chi connectivity index (χ2n) is 6.27. The van der Waals surface area contributed by atoms with Crippen molar-refractivity contribution < 1.29 is 4.79 Å². The normalized spacial score (nSPS) is 16.6. The molecule has 0 spiro atoms. The highest BCUT2D eigenvalue weighted by molar-refractivity contribution is 6.45. The summed E-state index contributed by atoms with van der Waals surface area (Å²) in [5.41, 5.74) is 3.75. The van der Waals surface area contributed by atoms with Crippen molar-refractivity contribution in [1.82, 2.24) is 19.9 Å². The number of carbonyl (C=O) groups excluding carboxylic acids is 1. The fourth-order valence-corrected chi connectivity index (χ4v) is 3.88. The van der Waals surface area contributed by atoms with E-state index in [9.17, 15) is 4.79 Å². The smallest absolute Gasteiger partial charge is 0.292 e. The molecular weight excluding hydrogens is 373 g/mol. The van der Waals surface area contributed by atoms with Gasteiger partial charge in [0.15, 0.2) is 0 Å². The molecule has 8 heteroatoms. The van der Waals surface area contributed by atoms with Gasteiger partial charge in [-0.2, -0.15) is 0 Å². The first kappa shape index (κ1) is 17.1. The SMILES string of the molecule is CNc1cnc(C(=O)N2CCc3[nH]c4c(Cl)c(Cl)ccc4c3[C@@H]2C)nc1. The number of benzene rings is 1. The summed E-state index contributed by atoms with van der Waals surface area (Å²) in [5.74, 6) is 0.0143. The van der Waals surface area contributed by atoms with E-state index in [1.807, 2.05) is 13.0 Å². The molecule has 3 aromatic rings. The highest BCUT2D eigenvalue weighted by Crippen LogP contribution is 2.40. The largest absolute Gasteiger partial charge is 0.386 e. The predicted molar refractivity (Wildman–Crippen MR) is 103 cm³/mol. The Bertz CT molecular complexity index is 999. The van der Waals surface area contributed by atoms with E-state index in [0.29, 0.717) is 23.0 Å². The van der Waals surface area contributed by atoms with Crippen molar-refractivity contribution in [3.63, 3.8) is 0 Å². The predicted octanol–water partition coefficient (Wildman–Crippen LogP) is 4.07. The van der Waals surface area contributed by atoms with Crippen LogP contribution in [0.4, 0.5) is 5.69 Å². The molecule has 0 aliphatic carbocycles. The van der Waals surface area contributed by atoms with Gasteiger partial charge in [0, 0.05) is 36.7 Å². The molecule has 26 heavy (non-hydrogen) atoms. The Morgan fingerprint density at radius 2 is 2.04 bits per heavy atom. The minimum atomic E-state index is -0.180. The molecule has 1 amide bonds. The topological polar surface area (TPSA) is 73.9 Å². The van der Waals surface area contributed by atoms with Crippen molar-refractivity contribution >= 4 is 45.7 Å². The number of anilines is 1. The molecule has 0 fully saturated rings. The van der Waals surface area contributed by atoms with Crippen LogP contribution in [0.25, 0.3) is 10.9 Å². The Hall–Kier alpha value is -2.31. The average Bonchev–Trinajstić information content (AvgIpc) is 3.05. The van der Waals surface area contributed by atoms with E-state index in [4.69, 9.17) is 23.2 Å². The maximum atomic E-state index is 12.9. The molecule has 1 aliphatic rings. The van der Waals surface area contributed by atoms with Gasteiger partial charge in [-0.1, -0.05) is 29.3 Å². The van der Waals surface area contributed by atoms with E-state index in [-0.39, 0.29) is 17.8 Å². The zero-order chi connectivity index (χ0) is 18.4. The van der Waals surface area contributed by atoms with Crippen LogP contribution in [0.15, 0.2) is 24.5 Å². The second-order valence-corrected chi connectivity index (χ2v) is 7.06. The Labute approximate surface area is 160 Å². The van der Waals surface area contributed by atoms with Gasteiger partial charge in [0.2, 0.25) is 5.82 Å². The first-order valence-electron chi connectivity index (χ1n) is 8.30. The lowest BCUT2D eigenvalue weighted by molar-refractivity contribution is 0.0665. The van der Waals surface area contributed by atoms with Crippen LogP contribution in [0.3, 0.4) is 0 Å². The molecule has 2 N–H and O–H groups in total. The van der Waals surface area contributed by atoms with Crippen LogP contribution in [-0.4, -0.2) is 39.4 Å². The summed E-state index contributed by atoms with van der Waals surface area (Å²) < 4.78 is 0. The summed E-state index contributed by atoms with van der Waals surface area (Å²) in [7, 11) is 1.78. The van der Waals surface area contributed by atoms with E-state index in [0.717, 1.165) is 27.8 Å². The molecule has 1 aliphatic heterocycles. The zero-order valence-corrected chi connectivity index (χ0v) is 15.8. The van der Waals surface area contributed by atoms with E-state index < -0.39 is 0 Å². The van der Waals surface area contributed by atoms with Crippen LogP contribution >= 0.6 is 23.2 Å². The molecule has 0 unspecified atom stereocenters. The number of nitrogens with one attached hydrogen (secondary N) is 2. The number of aromatic amines is 1. The number of hydrogen-bond donors (Lipinski definition) is 2. The van der Waals surface area contributed by atoms with Crippen LogP contribution < -0.4 is 5.32 Å². The number of rotatable bonds is 2. The Morgan fingerprint density at radius 3 is 2.73 bits per heavy atom. The fourth-order valence-electron chi connectivity index (χ4n) is 3.51. The molecule has 3 heterocycles. The molecule has 0 saturated carbocycles. The summed E-state index contributed by atoms with van der Waals surface area (Å²) in [6, 6.07) is 3.61. The molecule has 2 aromatic heterocycles. The van der Waals surface area contributed by atoms with Crippen molar-refractivity contribution in [2.45, 2.75) is 19.4 Å². The molecule has 0 saturated heterocycles. The molecule has 4 rings (SSSR count). The highest BCUT2D eigenvalue weighted by atomic mass is 35.5. The fraction of sp³-hybridized carbons (Fsp3) is 0.278. The lowest BCUT2D eigenvalue weighted by Crippen LogP contribution is -2.39. The van der Waals surface area contributed by atoms with E-state index >= 15 is 0 Å². The number of aromatic nitrogens is 3. The third-order valence-electron chi connectivity index (χ3n) is 4.87. The van der Waals surface area contributed by atoms with Gasteiger partial charge in [0.1, 0.15) is 0 Å². The summed E-state index contributed by atoms with van der Waals surface area (Å²) in [4.78, 5) is 26.5. The molecule has 6 nitrogen and oxygen atoms in total. The van der Waals surface area contributed by atoms with E-state index in [1.165, 1.54) is 0 Å². The third-order valence-corrected chi connectivity index (χ3v) is 5.67. The van der Waals surface area contributed by atoms with Crippen LogP contribution in [0.2, 0.25) is 10.0 Å². The standard InChI is InChI=1S/C18H17Cl2N5O/c1-9-14-11-3-4-12(19)15(20)16(11)24-13(14)5-6-25(9)18(26)17-22-7-10(21-2)8-23-17/h3-4,7-9,21,24H,5-6H2,1-2H3/t9-/m0/s1. The molecule has 1 atom stereocenters. The maximum absolute atomic E-state index is 12.9. The van der Waals surface area contributed by atoms with Gasteiger partial charge in [-0.3, -0.25) is 4.79 Å². The lowest BCUT2D eigenvalue weighted by atomic mass is 9.97. The molecule has 134 valence electrons. The van der Waals surface area contributed by atoms with Crippen LogP contribution in [0, 0.1) is 0 Å². The quantitative estimate of drug-likeness (QED) is 0.692. The van der Waals surface area contributed by atoms with Crippen LogP contribution in [0.5, 0.6) is 0 Å². The minimum absolute atomic E-state index is 0.121. The van der Waals surface area contributed by atoms with Crippen molar-refractivity contribution in [3.8, 4) is 0 Å². The highest BCUT2D eigenvalue weighted by Gasteiger charge is 2.32. The number of carbonyl (C=O) groups is 1. The Morgan fingerprint density at radius 1 is 1.31 bits per heavy atom. The Kier molecular flexibility index (Phi) is 4.25. The molecule has 0 radical (unpaired) electrons. The third kappa shape index (κ3) is 2.61. The number of fused-ring (bicyclic) bond motifs is 3. The van der Waals surface area contributed by atoms with Gasteiger partial charge in [-0.05, 0) is 13.0 Å². The first-order valence-corrected chi connectivity index (χ1v) is 9.06. The summed E-state index contributed by atoms with van der Waals surface area (Å²) >= 11 is 12.5. The summed E-state index contributed by atoms with van der Waals surface area (Å²) in [6.07, 6.45) is 3.92. The number of hydrogen-bond acceptors (Lipinski definition) is 4. The Balaban J connectivity index is 1.72. The van der Waals surface area contributed by atoms with Crippen LogP contribution in [-0.2, 0) is 6.42 Å². The number of halogens is 2. The lowest BCUT2D eigenvalue weighted by Gasteiger charge is -2.33. The average molecular weight is 390 g/mol. The second kappa shape index (κ2) is 6.45. The van der Waals surface area contributed by atoms with Gasteiger partial charge >= 0.3 is 0 Å². The van der Waals surface area contributed by atoms with Gasteiger partial charge in [0.25, 0.3) is 5.91 Å². The van der Waals surface area contributed by atoms with Crippen molar-refractivity contribution in [3.05, 3.63) is 51.7 Å². The van der Waals surface area contributed by atoms with Gasteiger partial charge < -0.3 is 15.2 Å². The molecule has 0 bridgehead atoms. The zero-order valence-electron chi connectivity index (χ0n) is 14.3. The van der Waals surface area contributed by atoms with E-state index in [1.54, 1.807) is 30.4 Å². The minimum Gasteiger partial charge on any atom is -0.386 e. The van der Waals surface area contributed by atoms with Crippen molar-refractivity contribution in [1.29, 1.82) is 0 Å². The van der Waals surface area contributed by atoms with Gasteiger partial charge in [0.05, 0.1) is 39.7 Å². The van der Waals surface area contributed by atoms with Gasteiger partial charge in [-0.25, -0.2) is 9.97 Å². The first-order chi connectivity index (χ1) is 12.5. The summed E-state index contributed by atoms with van der Waals surface area (Å²) in [5, 5.41) is 4.95. The number of amides is 1. The number of nitrogens with zero attached hydrogens (tertiary/aromatic N) is 3. The van der Waals surface area contributed by atoms with E-state index in [2.05, 4.69) is 20.3 Å². The van der Waals surface area contributed by atoms with Gasteiger partial charge in [-0.15, -0.1) is 0 Å². The van der Waals surface area contributed by atoms with Crippen molar-refractivity contribution in [2.75, 3.05) is 18.9 Å². The number of H-pyrrole nitrogens is 1. The summed E-state index contributed by atoms with van der Waals surface area (Å²) in [6.45, 7) is 2.59. The van der Waals surface area contributed by atoms with Crippen LogP contribution in [0.1, 0.15) is 34.8 Å². The molecule has 1 aromatic carbocycles.